The summed E-state index contributed by atoms with van der Waals surface area (Å²) < 4.78 is 39.0. The molecule has 4 heteroatoms. The van der Waals surface area contributed by atoms with E-state index >= 15 is 0 Å². The first-order valence-electron chi connectivity index (χ1n) is 3.77. The van der Waals surface area contributed by atoms with E-state index in [1.807, 2.05) is 0 Å². The van der Waals surface area contributed by atoms with Gasteiger partial charge in [0, 0.05) is 0 Å². The van der Waals surface area contributed by atoms with Crippen molar-refractivity contribution < 1.29 is 18.3 Å². The molecule has 1 atom stereocenters. The summed E-state index contributed by atoms with van der Waals surface area (Å²) in [4.78, 5) is 0. The molecule has 1 nitrogen and oxygen atoms in total. The van der Waals surface area contributed by atoms with Crippen LogP contribution >= 0.6 is 0 Å². The van der Waals surface area contributed by atoms with Gasteiger partial charge in [-0.3, -0.25) is 0 Å². The van der Waals surface area contributed by atoms with Gasteiger partial charge in [-0.25, -0.2) is 4.39 Å². The van der Waals surface area contributed by atoms with Crippen molar-refractivity contribution in [1.29, 1.82) is 0 Å². The standard InChI is InChI=1S/C9H9F3O/c1-6(13)9(11,12)7-4-2-3-5-8(7)10/h2-6,13H,1H3. The topological polar surface area (TPSA) is 20.2 Å². The number of benzene rings is 1. The van der Waals surface area contributed by atoms with E-state index in [9.17, 15) is 13.2 Å². The van der Waals surface area contributed by atoms with Crippen molar-refractivity contribution in [3.05, 3.63) is 35.6 Å². The molecule has 0 aliphatic carbocycles. The van der Waals surface area contributed by atoms with Crippen molar-refractivity contribution in [2.45, 2.75) is 19.0 Å². The largest absolute Gasteiger partial charge is 0.387 e. The van der Waals surface area contributed by atoms with Gasteiger partial charge in [0.1, 0.15) is 11.9 Å². The van der Waals surface area contributed by atoms with Crippen LogP contribution in [-0.2, 0) is 5.92 Å². The number of hydrogen-bond donors (Lipinski definition) is 1. The lowest BCUT2D eigenvalue weighted by Crippen LogP contribution is -2.29. The highest BCUT2D eigenvalue weighted by Crippen LogP contribution is 2.32. The summed E-state index contributed by atoms with van der Waals surface area (Å²) in [6.45, 7) is 0.923. The lowest BCUT2D eigenvalue weighted by molar-refractivity contribution is -0.108. The molecule has 0 saturated heterocycles. The maximum Gasteiger partial charge on any atom is 0.301 e. The smallest absolute Gasteiger partial charge is 0.301 e. The van der Waals surface area contributed by atoms with Gasteiger partial charge in [-0.05, 0) is 19.1 Å². The van der Waals surface area contributed by atoms with Gasteiger partial charge in [-0.2, -0.15) is 8.78 Å². The van der Waals surface area contributed by atoms with Crippen LogP contribution in [0.3, 0.4) is 0 Å². The molecule has 1 N–H and O–H groups in total. The molecule has 1 unspecified atom stereocenters. The number of rotatable bonds is 2. The number of halogens is 3. The first kappa shape index (κ1) is 10.1. The zero-order chi connectivity index (χ0) is 10.1. The summed E-state index contributed by atoms with van der Waals surface area (Å²) in [7, 11) is 0. The van der Waals surface area contributed by atoms with Crippen LogP contribution in [0.1, 0.15) is 12.5 Å². The van der Waals surface area contributed by atoms with Gasteiger partial charge in [0.15, 0.2) is 0 Å². The van der Waals surface area contributed by atoms with Crippen LogP contribution in [0.4, 0.5) is 13.2 Å². The van der Waals surface area contributed by atoms with E-state index in [1.54, 1.807) is 0 Å². The van der Waals surface area contributed by atoms with E-state index in [-0.39, 0.29) is 0 Å². The van der Waals surface area contributed by atoms with E-state index in [0.717, 1.165) is 19.1 Å². The van der Waals surface area contributed by atoms with Gasteiger partial charge in [-0.15, -0.1) is 0 Å². The molecule has 13 heavy (non-hydrogen) atoms. The molecule has 0 aliphatic rings. The average molecular weight is 190 g/mol. The Balaban J connectivity index is 3.14. The molecule has 72 valence electrons. The fourth-order valence-corrected chi connectivity index (χ4v) is 0.957. The Morgan fingerprint density at radius 1 is 1.31 bits per heavy atom. The van der Waals surface area contributed by atoms with Crippen molar-refractivity contribution in [3.63, 3.8) is 0 Å². The summed E-state index contributed by atoms with van der Waals surface area (Å²) in [5, 5.41) is 8.74. The maximum absolute atomic E-state index is 13.0. The van der Waals surface area contributed by atoms with Crippen molar-refractivity contribution in [2.75, 3.05) is 0 Å². The third-order valence-corrected chi connectivity index (χ3v) is 1.76. The Hall–Kier alpha value is -1.03. The molecule has 0 saturated carbocycles. The van der Waals surface area contributed by atoms with Crippen LogP contribution < -0.4 is 0 Å². The quantitative estimate of drug-likeness (QED) is 0.758. The first-order valence-corrected chi connectivity index (χ1v) is 3.77. The van der Waals surface area contributed by atoms with Gasteiger partial charge in [0.05, 0.1) is 5.56 Å². The highest BCUT2D eigenvalue weighted by atomic mass is 19.3. The molecule has 0 fully saturated rings. The van der Waals surface area contributed by atoms with Crippen LogP contribution in [-0.4, -0.2) is 11.2 Å². The van der Waals surface area contributed by atoms with Crippen molar-refractivity contribution in [2.24, 2.45) is 0 Å². The van der Waals surface area contributed by atoms with Crippen LogP contribution in [0.15, 0.2) is 24.3 Å². The Morgan fingerprint density at radius 3 is 2.31 bits per heavy atom. The molecule has 0 bridgehead atoms. The lowest BCUT2D eigenvalue weighted by Gasteiger charge is -2.19. The fraction of sp³-hybridized carbons (Fsp3) is 0.333. The molecular formula is C9H9F3O. The minimum atomic E-state index is -3.54. The fourth-order valence-electron chi connectivity index (χ4n) is 0.957. The van der Waals surface area contributed by atoms with Crippen molar-refractivity contribution >= 4 is 0 Å². The van der Waals surface area contributed by atoms with E-state index in [0.29, 0.717) is 0 Å². The lowest BCUT2D eigenvalue weighted by atomic mass is 10.0. The average Bonchev–Trinajstić information content (AvgIpc) is 2.04. The summed E-state index contributed by atoms with van der Waals surface area (Å²) in [5.74, 6) is -4.54. The van der Waals surface area contributed by atoms with Crippen molar-refractivity contribution in [1.82, 2.24) is 0 Å². The van der Waals surface area contributed by atoms with E-state index in [2.05, 4.69) is 0 Å². The number of aliphatic hydroxyl groups is 1. The molecule has 0 amide bonds. The van der Waals surface area contributed by atoms with E-state index < -0.39 is 23.4 Å². The minimum Gasteiger partial charge on any atom is -0.387 e. The second-order valence-electron chi connectivity index (χ2n) is 2.78. The predicted molar refractivity (Wildman–Crippen MR) is 42.0 cm³/mol. The zero-order valence-corrected chi connectivity index (χ0v) is 6.97. The summed E-state index contributed by atoms with van der Waals surface area (Å²) in [6.07, 6.45) is -1.90. The third kappa shape index (κ3) is 1.83. The molecule has 1 aromatic carbocycles. The van der Waals surface area contributed by atoms with Crippen LogP contribution in [0, 0.1) is 5.82 Å². The summed E-state index contributed by atoms with van der Waals surface area (Å²) in [6, 6.07) is 4.51. The SMILES string of the molecule is CC(O)C(F)(F)c1ccccc1F. The molecule has 1 aromatic rings. The molecule has 0 spiro atoms. The minimum absolute atomic E-state index is 0.773. The number of hydrogen-bond acceptors (Lipinski definition) is 1. The molecular weight excluding hydrogens is 181 g/mol. The van der Waals surface area contributed by atoms with Crippen LogP contribution in [0.25, 0.3) is 0 Å². The Morgan fingerprint density at radius 2 is 1.85 bits per heavy atom. The Bertz CT molecular complexity index is 297. The van der Waals surface area contributed by atoms with E-state index in [4.69, 9.17) is 5.11 Å². The maximum atomic E-state index is 13.0. The first-order chi connectivity index (χ1) is 5.96. The highest BCUT2D eigenvalue weighted by molar-refractivity contribution is 5.23. The molecule has 0 radical (unpaired) electrons. The summed E-state index contributed by atoms with van der Waals surface area (Å²) >= 11 is 0. The molecule has 0 aliphatic heterocycles. The van der Waals surface area contributed by atoms with Crippen LogP contribution in [0.5, 0.6) is 0 Å². The van der Waals surface area contributed by atoms with Crippen LogP contribution in [0.2, 0.25) is 0 Å². The molecule has 1 rings (SSSR count). The molecule has 0 heterocycles. The predicted octanol–water partition coefficient (Wildman–Crippen LogP) is 2.30. The normalized spacial score (nSPS) is 14.2. The van der Waals surface area contributed by atoms with Gasteiger partial charge in [0.25, 0.3) is 0 Å². The Labute approximate surface area is 73.8 Å². The zero-order valence-electron chi connectivity index (χ0n) is 6.97. The van der Waals surface area contributed by atoms with Crippen molar-refractivity contribution in [3.8, 4) is 0 Å². The molecule has 0 aromatic heterocycles. The number of alkyl halides is 2. The van der Waals surface area contributed by atoms with Gasteiger partial charge >= 0.3 is 5.92 Å². The van der Waals surface area contributed by atoms with Gasteiger partial charge < -0.3 is 5.11 Å². The van der Waals surface area contributed by atoms with Gasteiger partial charge in [-0.1, -0.05) is 12.1 Å². The Kier molecular flexibility index (Phi) is 2.61. The third-order valence-electron chi connectivity index (χ3n) is 1.76. The second-order valence-corrected chi connectivity index (χ2v) is 2.78. The second kappa shape index (κ2) is 3.38. The monoisotopic (exact) mass is 190 g/mol. The van der Waals surface area contributed by atoms with E-state index in [1.165, 1.54) is 12.1 Å². The summed E-state index contributed by atoms with van der Waals surface area (Å²) in [5.41, 5.74) is -0.773. The van der Waals surface area contributed by atoms with Gasteiger partial charge in [0.2, 0.25) is 0 Å². The number of aliphatic hydroxyl groups excluding tert-OH is 1. The highest BCUT2D eigenvalue weighted by Gasteiger charge is 2.39.